The monoisotopic (exact) mass is 288 g/mol. The molecule has 0 amide bonds. The van der Waals surface area contributed by atoms with Crippen molar-refractivity contribution in [1.29, 1.82) is 0 Å². The highest BCUT2D eigenvalue weighted by Gasteiger charge is 2.17. The molecule has 0 unspecified atom stereocenters. The molecule has 2 N–H and O–H groups in total. The Hall–Kier alpha value is -0.0900. The molecule has 1 aromatic carbocycles. The van der Waals surface area contributed by atoms with Crippen molar-refractivity contribution in [3.05, 3.63) is 33.4 Å². The van der Waals surface area contributed by atoms with Crippen LogP contribution in [0.1, 0.15) is 30.9 Å². The first-order valence-electron chi connectivity index (χ1n) is 4.95. The summed E-state index contributed by atoms with van der Waals surface area (Å²) >= 11 is 2.39. The van der Waals surface area contributed by atoms with Crippen LogP contribution >= 0.6 is 22.6 Å². The van der Waals surface area contributed by atoms with E-state index in [-0.39, 0.29) is 0 Å². The fraction of sp³-hybridized carbons (Fsp3) is 0.455. The third kappa shape index (κ3) is 2.44. The molecule has 70 valence electrons. The van der Waals surface area contributed by atoms with Gasteiger partial charge in [-0.15, -0.1) is 0 Å². The van der Waals surface area contributed by atoms with Crippen molar-refractivity contribution in [3.8, 4) is 0 Å². The van der Waals surface area contributed by atoms with Crippen LogP contribution in [0.15, 0.2) is 24.3 Å². The van der Waals surface area contributed by atoms with E-state index in [1.54, 1.807) is 0 Å². The number of halogens is 1. The van der Waals surface area contributed by atoms with Crippen molar-refractivity contribution < 1.29 is 5.32 Å². The van der Waals surface area contributed by atoms with Crippen molar-refractivity contribution in [1.82, 2.24) is 0 Å². The van der Waals surface area contributed by atoms with Gasteiger partial charge >= 0.3 is 0 Å². The SMILES string of the molecule is Ic1cccc([C@@H]2CCCC[NH2+]2)c1. The second kappa shape index (κ2) is 4.42. The molecule has 0 radical (unpaired) electrons. The maximum atomic E-state index is 2.48. The van der Waals surface area contributed by atoms with Gasteiger partial charge in [0.25, 0.3) is 0 Å². The van der Waals surface area contributed by atoms with E-state index >= 15 is 0 Å². The van der Waals surface area contributed by atoms with Gasteiger partial charge in [-0.1, -0.05) is 12.1 Å². The Kier molecular flexibility index (Phi) is 3.22. The highest BCUT2D eigenvalue weighted by Crippen LogP contribution is 2.19. The fourth-order valence-corrected chi connectivity index (χ4v) is 2.55. The Morgan fingerprint density at radius 2 is 2.23 bits per heavy atom. The van der Waals surface area contributed by atoms with Gasteiger partial charge in [-0.05, 0) is 47.6 Å². The fourth-order valence-electron chi connectivity index (χ4n) is 1.99. The average Bonchev–Trinajstić information content (AvgIpc) is 2.19. The third-order valence-corrected chi connectivity index (χ3v) is 3.37. The second-order valence-corrected chi connectivity index (χ2v) is 4.93. The number of rotatable bonds is 1. The van der Waals surface area contributed by atoms with Gasteiger partial charge < -0.3 is 5.32 Å². The zero-order chi connectivity index (χ0) is 9.10. The minimum atomic E-state index is 0.725. The summed E-state index contributed by atoms with van der Waals surface area (Å²) in [6.45, 7) is 1.30. The minimum Gasteiger partial charge on any atom is -0.340 e. The van der Waals surface area contributed by atoms with E-state index < -0.39 is 0 Å². The van der Waals surface area contributed by atoms with Crippen molar-refractivity contribution in [3.63, 3.8) is 0 Å². The minimum absolute atomic E-state index is 0.725. The number of hydrogen-bond acceptors (Lipinski definition) is 0. The molecule has 2 rings (SSSR count). The number of nitrogens with two attached hydrogens (primary N) is 1. The third-order valence-electron chi connectivity index (χ3n) is 2.70. The Balaban J connectivity index is 2.14. The highest BCUT2D eigenvalue weighted by atomic mass is 127. The first kappa shape index (κ1) is 9.46. The molecule has 1 aliphatic heterocycles. The molecule has 1 aromatic rings. The molecule has 1 heterocycles. The molecule has 13 heavy (non-hydrogen) atoms. The van der Waals surface area contributed by atoms with Crippen LogP contribution in [0.2, 0.25) is 0 Å². The predicted molar refractivity (Wildman–Crippen MR) is 62.5 cm³/mol. The summed E-state index contributed by atoms with van der Waals surface area (Å²) in [5, 5.41) is 2.48. The summed E-state index contributed by atoms with van der Waals surface area (Å²) < 4.78 is 1.36. The van der Waals surface area contributed by atoms with Crippen LogP contribution in [0.5, 0.6) is 0 Å². The lowest BCUT2D eigenvalue weighted by molar-refractivity contribution is -0.704. The number of quaternary nitrogens is 1. The van der Waals surface area contributed by atoms with Gasteiger partial charge in [-0.2, -0.15) is 0 Å². The van der Waals surface area contributed by atoms with Crippen LogP contribution in [0, 0.1) is 3.57 Å². The van der Waals surface area contributed by atoms with Crippen LogP contribution in [0.25, 0.3) is 0 Å². The molecule has 0 aromatic heterocycles. The molecular weight excluding hydrogens is 273 g/mol. The van der Waals surface area contributed by atoms with Crippen LogP contribution in [0.4, 0.5) is 0 Å². The lowest BCUT2D eigenvalue weighted by Gasteiger charge is -2.20. The largest absolute Gasteiger partial charge is 0.340 e. The van der Waals surface area contributed by atoms with Crippen molar-refractivity contribution in [2.24, 2.45) is 0 Å². The van der Waals surface area contributed by atoms with Crippen molar-refractivity contribution >= 4 is 22.6 Å². The summed E-state index contributed by atoms with van der Waals surface area (Å²) in [5.74, 6) is 0. The standard InChI is InChI=1S/C11H14IN/c12-10-5-3-4-9(8-10)11-6-1-2-7-13-11/h3-5,8,11,13H,1-2,6-7H2/p+1/t11-/m0/s1. The van der Waals surface area contributed by atoms with E-state index in [1.807, 2.05) is 0 Å². The van der Waals surface area contributed by atoms with Crippen LogP contribution in [0.3, 0.4) is 0 Å². The van der Waals surface area contributed by atoms with E-state index in [4.69, 9.17) is 0 Å². The van der Waals surface area contributed by atoms with Gasteiger partial charge in [0.2, 0.25) is 0 Å². The molecule has 0 bridgehead atoms. The van der Waals surface area contributed by atoms with Crippen LogP contribution in [-0.4, -0.2) is 6.54 Å². The average molecular weight is 288 g/mol. The zero-order valence-corrected chi connectivity index (χ0v) is 9.83. The van der Waals surface area contributed by atoms with Gasteiger partial charge in [0.1, 0.15) is 6.04 Å². The zero-order valence-electron chi connectivity index (χ0n) is 7.67. The van der Waals surface area contributed by atoms with Crippen LogP contribution in [-0.2, 0) is 0 Å². The predicted octanol–water partition coefficient (Wildman–Crippen LogP) is 2.08. The van der Waals surface area contributed by atoms with Gasteiger partial charge in [-0.25, -0.2) is 0 Å². The molecule has 1 fully saturated rings. The van der Waals surface area contributed by atoms with Gasteiger partial charge in [-0.3, -0.25) is 0 Å². The molecule has 2 heteroatoms. The summed E-state index contributed by atoms with van der Waals surface area (Å²) in [6, 6.07) is 9.62. The Labute approximate surface area is 93.1 Å². The Bertz CT molecular complexity index is 279. The summed E-state index contributed by atoms with van der Waals surface area (Å²) in [7, 11) is 0. The molecule has 0 saturated carbocycles. The van der Waals surface area contributed by atoms with E-state index in [9.17, 15) is 0 Å². The maximum absolute atomic E-state index is 2.48. The topological polar surface area (TPSA) is 16.6 Å². The summed E-state index contributed by atoms with van der Waals surface area (Å²) in [4.78, 5) is 0. The van der Waals surface area contributed by atoms with Gasteiger partial charge in [0.05, 0.1) is 6.54 Å². The lowest BCUT2D eigenvalue weighted by atomic mass is 9.98. The summed E-state index contributed by atoms with van der Waals surface area (Å²) in [6.07, 6.45) is 4.13. The maximum Gasteiger partial charge on any atom is 0.112 e. The quantitative estimate of drug-likeness (QED) is 0.762. The normalized spacial score (nSPS) is 23.0. The molecule has 0 aliphatic carbocycles. The van der Waals surface area contributed by atoms with E-state index in [0.717, 1.165) is 6.04 Å². The van der Waals surface area contributed by atoms with Gasteiger partial charge in [0, 0.05) is 15.6 Å². The van der Waals surface area contributed by atoms with E-state index in [2.05, 4.69) is 52.2 Å². The second-order valence-electron chi connectivity index (χ2n) is 3.68. The number of piperidine rings is 1. The lowest BCUT2D eigenvalue weighted by Crippen LogP contribution is -2.86. The van der Waals surface area contributed by atoms with E-state index in [1.165, 1.54) is 34.9 Å². The van der Waals surface area contributed by atoms with Crippen molar-refractivity contribution in [2.75, 3.05) is 6.54 Å². The molecule has 1 atom stereocenters. The van der Waals surface area contributed by atoms with E-state index in [0.29, 0.717) is 0 Å². The molecule has 1 aliphatic rings. The molecular formula is C11H15IN+. The van der Waals surface area contributed by atoms with Crippen LogP contribution < -0.4 is 5.32 Å². The highest BCUT2D eigenvalue weighted by molar-refractivity contribution is 14.1. The first-order valence-corrected chi connectivity index (χ1v) is 6.03. The Morgan fingerprint density at radius 3 is 2.92 bits per heavy atom. The summed E-state index contributed by atoms with van der Waals surface area (Å²) in [5.41, 5.74) is 1.51. The molecule has 1 saturated heterocycles. The number of hydrogen-bond donors (Lipinski definition) is 1. The number of benzene rings is 1. The Morgan fingerprint density at radius 1 is 1.31 bits per heavy atom. The van der Waals surface area contributed by atoms with Gasteiger partial charge in [0.15, 0.2) is 0 Å². The smallest absolute Gasteiger partial charge is 0.112 e. The van der Waals surface area contributed by atoms with Crippen molar-refractivity contribution in [2.45, 2.75) is 25.3 Å². The molecule has 0 spiro atoms. The first-order chi connectivity index (χ1) is 6.36. The molecule has 1 nitrogen and oxygen atoms in total.